The van der Waals surface area contributed by atoms with E-state index < -0.39 is 0 Å². The molecule has 1 aromatic heterocycles. The quantitative estimate of drug-likeness (QED) is 0.837. The molecule has 0 spiro atoms. The summed E-state index contributed by atoms with van der Waals surface area (Å²) < 4.78 is 0. The fourth-order valence-electron chi connectivity index (χ4n) is 2.54. The molecule has 1 aromatic rings. The highest BCUT2D eigenvalue weighted by molar-refractivity contribution is 5.47. The molecule has 0 amide bonds. The van der Waals surface area contributed by atoms with E-state index in [1.807, 2.05) is 6.20 Å². The Morgan fingerprint density at radius 2 is 1.83 bits per heavy atom. The molecule has 0 aromatic carbocycles. The van der Waals surface area contributed by atoms with Crippen LogP contribution in [0.15, 0.2) is 12.3 Å². The van der Waals surface area contributed by atoms with E-state index in [0.29, 0.717) is 6.54 Å². The average Bonchev–Trinajstić information content (AvgIpc) is 3.23. The maximum atomic E-state index is 5.67. The van der Waals surface area contributed by atoms with E-state index >= 15 is 0 Å². The molecule has 2 saturated carbocycles. The fourth-order valence-corrected chi connectivity index (χ4v) is 2.54. The van der Waals surface area contributed by atoms with Crippen molar-refractivity contribution in [2.24, 2.45) is 17.6 Å². The van der Waals surface area contributed by atoms with Crippen molar-refractivity contribution >= 4 is 5.82 Å². The molecule has 2 fully saturated rings. The number of hydrogen-bond donors (Lipinski definition) is 1. The zero-order chi connectivity index (χ0) is 12.5. The van der Waals surface area contributed by atoms with E-state index in [1.165, 1.54) is 50.2 Å². The Kier molecular flexibility index (Phi) is 3.25. The van der Waals surface area contributed by atoms with Gasteiger partial charge in [0, 0.05) is 25.8 Å². The van der Waals surface area contributed by atoms with Crippen molar-refractivity contribution in [3.05, 3.63) is 23.4 Å². The van der Waals surface area contributed by atoms with Gasteiger partial charge in [0.05, 0.1) is 0 Å². The standard InChI is InChI=1S/C15H23N3/c1-11-6-14(7-16)8-17-15(11)18(9-12-2-3-12)10-13-4-5-13/h6,8,12-13H,2-5,7,9-10,16H2,1H3. The zero-order valence-electron chi connectivity index (χ0n) is 11.2. The zero-order valence-corrected chi connectivity index (χ0v) is 11.2. The minimum Gasteiger partial charge on any atom is -0.356 e. The molecule has 3 rings (SSSR count). The molecule has 0 atom stereocenters. The van der Waals surface area contributed by atoms with E-state index in [2.05, 4.69) is 22.9 Å². The summed E-state index contributed by atoms with van der Waals surface area (Å²) >= 11 is 0. The van der Waals surface area contributed by atoms with Crippen molar-refractivity contribution in [1.29, 1.82) is 0 Å². The van der Waals surface area contributed by atoms with Crippen LogP contribution >= 0.6 is 0 Å². The summed E-state index contributed by atoms with van der Waals surface area (Å²) in [6.07, 6.45) is 7.56. The van der Waals surface area contributed by atoms with Gasteiger partial charge >= 0.3 is 0 Å². The summed E-state index contributed by atoms with van der Waals surface area (Å²) in [5.41, 5.74) is 8.08. The second-order valence-corrected chi connectivity index (χ2v) is 5.98. The van der Waals surface area contributed by atoms with Gasteiger partial charge in [0.15, 0.2) is 0 Å². The van der Waals surface area contributed by atoms with E-state index in [4.69, 9.17) is 5.73 Å². The maximum Gasteiger partial charge on any atom is 0.131 e. The van der Waals surface area contributed by atoms with Crippen LogP contribution in [0.2, 0.25) is 0 Å². The van der Waals surface area contributed by atoms with E-state index in [-0.39, 0.29) is 0 Å². The van der Waals surface area contributed by atoms with Crippen molar-refractivity contribution in [1.82, 2.24) is 4.98 Å². The first kappa shape index (κ1) is 12.0. The highest BCUT2D eigenvalue weighted by atomic mass is 15.2. The predicted octanol–water partition coefficient (Wildman–Crippen LogP) is 2.48. The third-order valence-corrected chi connectivity index (χ3v) is 3.99. The van der Waals surface area contributed by atoms with Crippen molar-refractivity contribution in [2.45, 2.75) is 39.2 Å². The highest BCUT2D eigenvalue weighted by Gasteiger charge is 2.30. The molecule has 2 aliphatic rings. The largest absolute Gasteiger partial charge is 0.356 e. The summed E-state index contributed by atoms with van der Waals surface area (Å²) in [6, 6.07) is 2.19. The molecular formula is C15H23N3. The summed E-state index contributed by atoms with van der Waals surface area (Å²) in [6.45, 7) is 5.15. The first-order valence-electron chi connectivity index (χ1n) is 7.17. The number of hydrogen-bond acceptors (Lipinski definition) is 3. The molecule has 3 heteroatoms. The summed E-state index contributed by atoms with van der Waals surface area (Å²) in [5.74, 6) is 3.02. The molecule has 0 aliphatic heterocycles. The lowest BCUT2D eigenvalue weighted by atomic mass is 10.2. The number of anilines is 1. The molecule has 1 heterocycles. The molecule has 2 N–H and O–H groups in total. The maximum absolute atomic E-state index is 5.67. The van der Waals surface area contributed by atoms with Crippen LogP contribution in [0.5, 0.6) is 0 Å². The molecule has 0 radical (unpaired) electrons. The number of aromatic nitrogens is 1. The van der Waals surface area contributed by atoms with Crippen LogP contribution in [0.3, 0.4) is 0 Å². The summed E-state index contributed by atoms with van der Waals surface area (Å²) in [5, 5.41) is 0. The van der Waals surface area contributed by atoms with Gasteiger partial charge in [-0.05, 0) is 61.6 Å². The van der Waals surface area contributed by atoms with E-state index in [9.17, 15) is 0 Å². The number of aryl methyl sites for hydroxylation is 1. The number of nitrogens with two attached hydrogens (primary N) is 1. The molecular weight excluding hydrogens is 222 g/mol. The van der Waals surface area contributed by atoms with Gasteiger partial charge in [0.1, 0.15) is 5.82 Å². The number of rotatable bonds is 6. The molecule has 0 bridgehead atoms. The second kappa shape index (κ2) is 4.88. The SMILES string of the molecule is Cc1cc(CN)cnc1N(CC1CC1)CC1CC1. The van der Waals surface area contributed by atoms with Crippen molar-refractivity contribution in [3.8, 4) is 0 Å². The Morgan fingerprint density at radius 1 is 1.22 bits per heavy atom. The van der Waals surface area contributed by atoms with Gasteiger partial charge < -0.3 is 10.6 Å². The van der Waals surface area contributed by atoms with Crippen LogP contribution in [-0.2, 0) is 6.54 Å². The predicted molar refractivity (Wildman–Crippen MR) is 74.5 cm³/mol. The molecule has 98 valence electrons. The minimum absolute atomic E-state index is 0.583. The Labute approximate surface area is 109 Å². The topological polar surface area (TPSA) is 42.1 Å². The van der Waals surface area contributed by atoms with Gasteiger partial charge in [-0.1, -0.05) is 0 Å². The summed E-state index contributed by atoms with van der Waals surface area (Å²) in [4.78, 5) is 7.18. The fraction of sp³-hybridized carbons (Fsp3) is 0.667. The van der Waals surface area contributed by atoms with Gasteiger partial charge in [0.25, 0.3) is 0 Å². The second-order valence-electron chi connectivity index (χ2n) is 5.98. The van der Waals surface area contributed by atoms with Crippen molar-refractivity contribution < 1.29 is 0 Å². The minimum atomic E-state index is 0.583. The van der Waals surface area contributed by atoms with Gasteiger partial charge in [-0.2, -0.15) is 0 Å². The van der Waals surface area contributed by atoms with E-state index in [1.54, 1.807) is 0 Å². The average molecular weight is 245 g/mol. The van der Waals surface area contributed by atoms with Crippen LogP contribution in [-0.4, -0.2) is 18.1 Å². The monoisotopic (exact) mass is 245 g/mol. The third-order valence-electron chi connectivity index (χ3n) is 3.99. The lowest BCUT2D eigenvalue weighted by molar-refractivity contribution is 0.669. The van der Waals surface area contributed by atoms with Crippen LogP contribution in [0, 0.1) is 18.8 Å². The smallest absolute Gasteiger partial charge is 0.131 e. The Morgan fingerprint density at radius 3 is 2.28 bits per heavy atom. The Balaban J connectivity index is 1.77. The van der Waals surface area contributed by atoms with Crippen molar-refractivity contribution in [2.75, 3.05) is 18.0 Å². The van der Waals surface area contributed by atoms with Gasteiger partial charge in [-0.15, -0.1) is 0 Å². The highest BCUT2D eigenvalue weighted by Crippen LogP contribution is 2.35. The first-order chi connectivity index (χ1) is 8.76. The molecule has 3 nitrogen and oxygen atoms in total. The van der Waals surface area contributed by atoms with Crippen LogP contribution in [0.1, 0.15) is 36.8 Å². The van der Waals surface area contributed by atoms with Gasteiger partial charge in [0.2, 0.25) is 0 Å². The molecule has 0 saturated heterocycles. The number of nitrogens with zero attached hydrogens (tertiary/aromatic N) is 2. The Hall–Kier alpha value is -1.09. The third kappa shape index (κ3) is 2.83. The summed E-state index contributed by atoms with van der Waals surface area (Å²) in [7, 11) is 0. The van der Waals surface area contributed by atoms with Crippen LogP contribution < -0.4 is 10.6 Å². The molecule has 2 aliphatic carbocycles. The number of pyridine rings is 1. The normalized spacial score (nSPS) is 19.0. The van der Waals surface area contributed by atoms with E-state index in [0.717, 1.165) is 17.4 Å². The molecule has 18 heavy (non-hydrogen) atoms. The lowest BCUT2D eigenvalue weighted by Gasteiger charge is -2.25. The Bertz CT molecular complexity index is 408. The van der Waals surface area contributed by atoms with Gasteiger partial charge in [-0.25, -0.2) is 4.98 Å². The first-order valence-corrected chi connectivity index (χ1v) is 7.17. The van der Waals surface area contributed by atoms with Crippen LogP contribution in [0.25, 0.3) is 0 Å². The lowest BCUT2D eigenvalue weighted by Crippen LogP contribution is -2.29. The molecule has 0 unspecified atom stereocenters. The van der Waals surface area contributed by atoms with Gasteiger partial charge in [-0.3, -0.25) is 0 Å². The van der Waals surface area contributed by atoms with Crippen molar-refractivity contribution in [3.63, 3.8) is 0 Å². The van der Waals surface area contributed by atoms with Crippen LogP contribution in [0.4, 0.5) is 5.82 Å².